The highest BCUT2D eigenvalue weighted by molar-refractivity contribution is 14.1. The summed E-state index contributed by atoms with van der Waals surface area (Å²) in [5.41, 5.74) is 2.03. The largest absolute Gasteiger partial charge is 0.490 e. The summed E-state index contributed by atoms with van der Waals surface area (Å²) in [6.45, 7) is 2.55. The van der Waals surface area contributed by atoms with Crippen molar-refractivity contribution in [2.24, 2.45) is 0 Å². The van der Waals surface area contributed by atoms with Gasteiger partial charge in [-0.25, -0.2) is 0 Å². The van der Waals surface area contributed by atoms with Gasteiger partial charge in [0.25, 0.3) is 5.91 Å². The first-order valence-electron chi connectivity index (χ1n) is 10.0. The topological polar surface area (TPSA) is 71.3 Å². The van der Waals surface area contributed by atoms with Gasteiger partial charge in [0.15, 0.2) is 11.5 Å². The van der Waals surface area contributed by atoms with Gasteiger partial charge in [0.1, 0.15) is 18.2 Å². The fourth-order valence-corrected chi connectivity index (χ4v) is 4.44. The molecule has 1 N–H and O–H groups in total. The summed E-state index contributed by atoms with van der Waals surface area (Å²) in [5.74, 6) is 0.557. The molecule has 0 saturated heterocycles. The SMILES string of the molecule is CCOc1cc(/C=C(/C#N)C(=O)Nc2cccc(Br)c2)cc(I)c1OCc1ccc(Cl)c(Cl)c1. The summed E-state index contributed by atoms with van der Waals surface area (Å²) >= 11 is 17.6. The summed E-state index contributed by atoms with van der Waals surface area (Å²) in [7, 11) is 0. The number of carbonyl (C=O) groups excluding carboxylic acids is 1. The molecule has 174 valence electrons. The number of nitrogens with zero attached hydrogens (tertiary/aromatic N) is 1. The van der Waals surface area contributed by atoms with E-state index >= 15 is 0 Å². The van der Waals surface area contributed by atoms with E-state index in [9.17, 15) is 10.1 Å². The van der Waals surface area contributed by atoms with E-state index in [0.717, 1.165) is 13.6 Å². The zero-order valence-corrected chi connectivity index (χ0v) is 23.1. The van der Waals surface area contributed by atoms with Gasteiger partial charge in [-0.15, -0.1) is 0 Å². The predicted octanol–water partition coefficient (Wildman–Crippen LogP) is 7.88. The molecule has 0 aromatic heterocycles. The van der Waals surface area contributed by atoms with Crippen molar-refractivity contribution in [2.45, 2.75) is 13.5 Å². The number of nitriles is 1. The van der Waals surface area contributed by atoms with Gasteiger partial charge in [0.05, 0.1) is 20.2 Å². The van der Waals surface area contributed by atoms with Gasteiger partial charge in [-0.3, -0.25) is 4.79 Å². The van der Waals surface area contributed by atoms with Crippen LogP contribution in [0.15, 0.2) is 64.6 Å². The van der Waals surface area contributed by atoms with E-state index < -0.39 is 5.91 Å². The number of amides is 1. The average Bonchev–Trinajstić information content (AvgIpc) is 2.79. The maximum atomic E-state index is 12.6. The first-order valence-corrected chi connectivity index (χ1v) is 12.6. The molecule has 0 spiro atoms. The number of rotatable bonds is 8. The maximum absolute atomic E-state index is 12.6. The second-order valence-electron chi connectivity index (χ2n) is 6.93. The fraction of sp³-hybridized carbons (Fsp3) is 0.120. The average molecular weight is 672 g/mol. The molecule has 0 aliphatic heterocycles. The number of carbonyl (C=O) groups is 1. The Kier molecular flexibility index (Phi) is 9.65. The maximum Gasteiger partial charge on any atom is 0.266 e. The van der Waals surface area contributed by atoms with Crippen LogP contribution in [0.1, 0.15) is 18.1 Å². The highest BCUT2D eigenvalue weighted by Gasteiger charge is 2.15. The third-order valence-electron chi connectivity index (χ3n) is 4.46. The van der Waals surface area contributed by atoms with Crippen molar-refractivity contribution >= 4 is 79.4 Å². The lowest BCUT2D eigenvalue weighted by Gasteiger charge is -2.15. The Balaban J connectivity index is 1.85. The minimum absolute atomic E-state index is 0.0392. The van der Waals surface area contributed by atoms with Crippen molar-refractivity contribution in [1.82, 2.24) is 0 Å². The molecule has 0 bridgehead atoms. The molecule has 0 atom stereocenters. The smallest absolute Gasteiger partial charge is 0.266 e. The van der Waals surface area contributed by atoms with E-state index in [2.05, 4.69) is 43.8 Å². The van der Waals surface area contributed by atoms with Crippen LogP contribution in [0.25, 0.3) is 6.08 Å². The highest BCUT2D eigenvalue weighted by atomic mass is 127. The van der Waals surface area contributed by atoms with Crippen molar-refractivity contribution < 1.29 is 14.3 Å². The molecule has 0 radical (unpaired) electrons. The molecule has 34 heavy (non-hydrogen) atoms. The van der Waals surface area contributed by atoms with Crippen molar-refractivity contribution in [3.63, 3.8) is 0 Å². The molecule has 1 amide bonds. The van der Waals surface area contributed by atoms with Crippen LogP contribution in [-0.2, 0) is 11.4 Å². The molecule has 0 heterocycles. The van der Waals surface area contributed by atoms with Crippen LogP contribution in [0, 0.1) is 14.9 Å². The van der Waals surface area contributed by atoms with Gasteiger partial charge in [-0.1, -0.05) is 51.3 Å². The second kappa shape index (κ2) is 12.5. The van der Waals surface area contributed by atoms with E-state index in [1.54, 1.807) is 36.4 Å². The van der Waals surface area contributed by atoms with Gasteiger partial charge in [-0.05, 0) is 89.2 Å². The van der Waals surface area contributed by atoms with Gasteiger partial charge in [-0.2, -0.15) is 5.26 Å². The number of nitrogens with one attached hydrogen (secondary N) is 1. The Morgan fingerprint density at radius 3 is 2.62 bits per heavy atom. The lowest BCUT2D eigenvalue weighted by atomic mass is 10.1. The Labute approximate surface area is 229 Å². The summed E-state index contributed by atoms with van der Waals surface area (Å²) < 4.78 is 13.4. The summed E-state index contributed by atoms with van der Waals surface area (Å²) in [5, 5.41) is 13.2. The van der Waals surface area contributed by atoms with Crippen LogP contribution in [0.4, 0.5) is 5.69 Å². The van der Waals surface area contributed by atoms with Crippen LogP contribution < -0.4 is 14.8 Å². The van der Waals surface area contributed by atoms with Crippen molar-refractivity contribution in [3.8, 4) is 17.6 Å². The third kappa shape index (κ3) is 7.12. The van der Waals surface area contributed by atoms with E-state index in [0.29, 0.717) is 39.4 Å². The Morgan fingerprint density at radius 2 is 1.94 bits per heavy atom. The molecule has 3 rings (SSSR count). The quantitative estimate of drug-likeness (QED) is 0.150. The van der Waals surface area contributed by atoms with Crippen LogP contribution in [0.5, 0.6) is 11.5 Å². The van der Waals surface area contributed by atoms with Crippen molar-refractivity contribution in [3.05, 3.63) is 89.4 Å². The standard InChI is InChI=1S/C25H18BrCl2IN2O3/c1-2-33-23-11-16(8-17(13-30)25(32)31-19-5-3-4-18(26)12-19)10-22(29)24(23)34-14-15-6-7-20(27)21(28)9-15/h3-12H,2,14H2,1H3,(H,31,32)/b17-8-. The first kappa shape index (κ1) is 26.4. The van der Waals surface area contributed by atoms with E-state index in [-0.39, 0.29) is 12.2 Å². The molecule has 0 aliphatic rings. The van der Waals surface area contributed by atoms with Gasteiger partial charge in [0, 0.05) is 10.2 Å². The first-order chi connectivity index (χ1) is 16.3. The van der Waals surface area contributed by atoms with Crippen molar-refractivity contribution in [1.29, 1.82) is 5.26 Å². The summed E-state index contributed by atoms with van der Waals surface area (Å²) in [6.07, 6.45) is 1.51. The number of benzene rings is 3. The molecular formula is C25H18BrCl2IN2O3. The molecule has 3 aromatic carbocycles. The Hall–Kier alpha value is -2.25. The number of hydrogen-bond acceptors (Lipinski definition) is 4. The fourth-order valence-electron chi connectivity index (χ4n) is 2.94. The number of anilines is 1. The molecule has 5 nitrogen and oxygen atoms in total. The van der Waals surface area contributed by atoms with E-state index in [4.69, 9.17) is 32.7 Å². The zero-order valence-electron chi connectivity index (χ0n) is 17.9. The van der Waals surface area contributed by atoms with Gasteiger partial charge in [0.2, 0.25) is 0 Å². The molecule has 0 fully saturated rings. The van der Waals surface area contributed by atoms with Crippen LogP contribution in [0.3, 0.4) is 0 Å². The second-order valence-corrected chi connectivity index (χ2v) is 9.83. The lowest BCUT2D eigenvalue weighted by Crippen LogP contribution is -2.13. The van der Waals surface area contributed by atoms with Crippen LogP contribution in [0.2, 0.25) is 10.0 Å². The molecular weight excluding hydrogens is 654 g/mol. The molecule has 0 unspecified atom stereocenters. The van der Waals surface area contributed by atoms with E-state index in [1.807, 2.05) is 31.2 Å². The number of hydrogen-bond donors (Lipinski definition) is 1. The predicted molar refractivity (Wildman–Crippen MR) is 147 cm³/mol. The zero-order chi connectivity index (χ0) is 24.7. The monoisotopic (exact) mass is 670 g/mol. The van der Waals surface area contributed by atoms with Gasteiger partial charge >= 0.3 is 0 Å². The van der Waals surface area contributed by atoms with Crippen molar-refractivity contribution in [2.75, 3.05) is 11.9 Å². The Bertz CT molecular complexity index is 1290. The summed E-state index contributed by atoms with van der Waals surface area (Å²) in [4.78, 5) is 12.6. The van der Waals surface area contributed by atoms with Crippen LogP contribution >= 0.6 is 61.7 Å². The Morgan fingerprint density at radius 1 is 1.15 bits per heavy atom. The van der Waals surface area contributed by atoms with E-state index in [1.165, 1.54) is 6.08 Å². The molecule has 0 saturated carbocycles. The van der Waals surface area contributed by atoms with Crippen LogP contribution in [-0.4, -0.2) is 12.5 Å². The molecule has 3 aromatic rings. The molecule has 9 heteroatoms. The minimum Gasteiger partial charge on any atom is -0.490 e. The van der Waals surface area contributed by atoms with Gasteiger partial charge < -0.3 is 14.8 Å². The lowest BCUT2D eigenvalue weighted by molar-refractivity contribution is -0.112. The third-order valence-corrected chi connectivity index (χ3v) is 6.49. The number of halogens is 4. The molecule has 0 aliphatic carbocycles. The highest BCUT2D eigenvalue weighted by Crippen LogP contribution is 2.36. The number of ether oxygens (including phenoxy) is 2. The normalized spacial score (nSPS) is 11.0. The summed E-state index contributed by atoms with van der Waals surface area (Å²) in [6, 6.07) is 18.0. The minimum atomic E-state index is -0.506.